The Bertz CT molecular complexity index is 989. The molecule has 2 aromatic carbocycles. The maximum atomic E-state index is 12.7. The van der Waals surface area contributed by atoms with Crippen molar-refractivity contribution >= 4 is 21.8 Å². The summed E-state index contributed by atoms with van der Waals surface area (Å²) in [6, 6.07) is 16.1. The first-order valence-electron chi connectivity index (χ1n) is 9.71. The minimum atomic E-state index is 0.180. The molecule has 150 valence electrons. The molecule has 1 aromatic heterocycles. The third-order valence-electron chi connectivity index (χ3n) is 5.31. The van der Waals surface area contributed by atoms with E-state index in [0.29, 0.717) is 19.4 Å². The molecule has 4 rings (SSSR count). The van der Waals surface area contributed by atoms with E-state index in [1.807, 2.05) is 64.3 Å². The predicted octanol–water partition coefficient (Wildman–Crippen LogP) is 4.12. The highest BCUT2D eigenvalue weighted by Crippen LogP contribution is 2.27. The second-order valence-corrected chi connectivity index (χ2v) is 8.06. The zero-order chi connectivity index (χ0) is 20.2. The van der Waals surface area contributed by atoms with Crippen molar-refractivity contribution < 1.29 is 9.53 Å². The lowest BCUT2D eigenvalue weighted by atomic mass is 10.1. The van der Waals surface area contributed by atoms with Crippen molar-refractivity contribution in [3.05, 3.63) is 64.8 Å². The molecule has 0 saturated carbocycles. The number of likely N-dealkylation sites (tertiary alicyclic amines) is 1. The number of carbonyl (C=O) groups is 1. The largest absolute Gasteiger partial charge is 0.496 e. The third-order valence-corrected chi connectivity index (χ3v) is 5.93. The van der Waals surface area contributed by atoms with Gasteiger partial charge in [-0.15, -0.1) is 5.10 Å². The lowest BCUT2D eigenvalue weighted by Crippen LogP contribution is -2.29. The first kappa shape index (κ1) is 19.6. The van der Waals surface area contributed by atoms with Crippen LogP contribution in [0.15, 0.2) is 59.2 Å². The van der Waals surface area contributed by atoms with Gasteiger partial charge in [0.1, 0.15) is 11.4 Å². The van der Waals surface area contributed by atoms with Crippen LogP contribution in [0.1, 0.15) is 24.4 Å². The molecule has 0 bridgehead atoms. The van der Waals surface area contributed by atoms with Crippen LogP contribution in [0.2, 0.25) is 0 Å². The number of aryl methyl sites for hydroxylation is 1. The number of hydrogen-bond acceptors (Lipinski definition) is 4. The number of hydrogen-bond donors (Lipinski definition) is 0. The molecule has 1 aliphatic rings. The highest BCUT2D eigenvalue weighted by Gasteiger charge is 2.28. The number of nitrogens with zero attached hydrogens (tertiary/aromatic N) is 4. The van der Waals surface area contributed by atoms with Crippen LogP contribution in [0.4, 0.5) is 0 Å². The fourth-order valence-electron chi connectivity index (χ4n) is 3.66. The highest BCUT2D eigenvalue weighted by atomic mass is 79.9. The molecule has 7 heteroatoms. The smallest absolute Gasteiger partial charge is 0.222 e. The summed E-state index contributed by atoms with van der Waals surface area (Å²) in [5.74, 6) is 0.980. The Morgan fingerprint density at radius 3 is 2.83 bits per heavy atom. The van der Waals surface area contributed by atoms with Crippen molar-refractivity contribution in [2.75, 3.05) is 20.2 Å². The normalized spacial score (nSPS) is 16.2. The quantitative estimate of drug-likeness (QED) is 0.561. The van der Waals surface area contributed by atoms with Gasteiger partial charge in [0.25, 0.3) is 0 Å². The minimum Gasteiger partial charge on any atom is -0.496 e. The molecule has 1 amide bonds. The number of amides is 1. The fraction of sp³-hybridized carbons (Fsp3) is 0.318. The average Bonchev–Trinajstić information content (AvgIpc) is 3.42. The van der Waals surface area contributed by atoms with Crippen LogP contribution >= 0.6 is 15.9 Å². The van der Waals surface area contributed by atoms with Crippen molar-refractivity contribution in [3.8, 4) is 17.0 Å². The number of rotatable bonds is 6. The van der Waals surface area contributed by atoms with Gasteiger partial charge in [0.05, 0.1) is 23.8 Å². The fourth-order valence-corrected chi connectivity index (χ4v) is 4.24. The summed E-state index contributed by atoms with van der Waals surface area (Å²) in [6.45, 7) is 1.44. The van der Waals surface area contributed by atoms with Gasteiger partial charge in [-0.3, -0.25) is 4.79 Å². The monoisotopic (exact) mass is 454 g/mol. The van der Waals surface area contributed by atoms with Crippen molar-refractivity contribution in [2.24, 2.45) is 0 Å². The second kappa shape index (κ2) is 8.78. The lowest BCUT2D eigenvalue weighted by molar-refractivity contribution is -0.130. The first-order valence-corrected chi connectivity index (χ1v) is 10.5. The van der Waals surface area contributed by atoms with Crippen LogP contribution < -0.4 is 4.74 Å². The van der Waals surface area contributed by atoms with E-state index < -0.39 is 0 Å². The summed E-state index contributed by atoms with van der Waals surface area (Å²) in [7, 11) is 1.64. The van der Waals surface area contributed by atoms with Crippen molar-refractivity contribution in [1.29, 1.82) is 0 Å². The number of aromatic nitrogens is 3. The molecule has 0 radical (unpaired) electrons. The minimum absolute atomic E-state index is 0.180. The Kier molecular flexibility index (Phi) is 5.94. The maximum Gasteiger partial charge on any atom is 0.222 e. The predicted molar refractivity (Wildman–Crippen MR) is 115 cm³/mol. The number of halogens is 1. The Morgan fingerprint density at radius 2 is 2.07 bits per heavy atom. The number of benzene rings is 2. The SMILES string of the molecule is COc1ccc(CCC(=O)N2CCC(n3cc(-c4ccccc4)nn3)C2)cc1Br. The summed E-state index contributed by atoms with van der Waals surface area (Å²) < 4.78 is 8.06. The Balaban J connectivity index is 1.33. The molecule has 1 saturated heterocycles. The summed E-state index contributed by atoms with van der Waals surface area (Å²) in [6.07, 6.45) is 4.09. The third kappa shape index (κ3) is 4.50. The van der Waals surface area contributed by atoms with Crippen LogP contribution in [-0.2, 0) is 11.2 Å². The topological polar surface area (TPSA) is 60.2 Å². The van der Waals surface area contributed by atoms with E-state index in [-0.39, 0.29) is 11.9 Å². The van der Waals surface area contributed by atoms with Crippen molar-refractivity contribution in [1.82, 2.24) is 19.9 Å². The maximum absolute atomic E-state index is 12.7. The molecule has 1 unspecified atom stereocenters. The van der Waals surface area contributed by atoms with E-state index in [1.165, 1.54) is 0 Å². The number of ether oxygens (including phenoxy) is 1. The molecular weight excluding hydrogens is 432 g/mol. The van der Waals surface area contributed by atoms with Crippen LogP contribution in [0, 0.1) is 0 Å². The molecular formula is C22H23BrN4O2. The standard InChI is InChI=1S/C22H23BrN4O2/c1-29-21-9-7-16(13-19(21)23)8-10-22(28)26-12-11-18(14-26)27-15-20(24-25-27)17-5-3-2-4-6-17/h2-7,9,13,15,18H,8,10-12,14H2,1H3. The molecule has 1 aliphatic heterocycles. The Labute approximate surface area is 178 Å². The van der Waals surface area contributed by atoms with Crippen molar-refractivity contribution in [3.63, 3.8) is 0 Å². The van der Waals surface area contributed by atoms with Gasteiger partial charge in [-0.25, -0.2) is 4.68 Å². The van der Waals surface area contributed by atoms with Crippen LogP contribution in [-0.4, -0.2) is 46.0 Å². The summed E-state index contributed by atoms with van der Waals surface area (Å²) >= 11 is 3.50. The van der Waals surface area contributed by atoms with Gasteiger partial charge < -0.3 is 9.64 Å². The van der Waals surface area contributed by atoms with E-state index in [9.17, 15) is 4.79 Å². The molecule has 0 spiro atoms. The van der Waals surface area contributed by atoms with E-state index in [1.54, 1.807) is 7.11 Å². The van der Waals surface area contributed by atoms with Crippen LogP contribution in [0.25, 0.3) is 11.3 Å². The number of carbonyl (C=O) groups excluding carboxylic acids is 1. The average molecular weight is 455 g/mol. The van der Waals surface area contributed by atoms with Gasteiger partial charge in [-0.2, -0.15) is 0 Å². The summed E-state index contributed by atoms with van der Waals surface area (Å²) in [4.78, 5) is 14.6. The van der Waals surface area contributed by atoms with Gasteiger partial charge >= 0.3 is 0 Å². The molecule has 6 nitrogen and oxygen atoms in total. The second-order valence-electron chi connectivity index (χ2n) is 7.20. The van der Waals surface area contributed by atoms with Crippen molar-refractivity contribution in [2.45, 2.75) is 25.3 Å². The molecule has 0 aliphatic carbocycles. The zero-order valence-electron chi connectivity index (χ0n) is 16.3. The van der Waals surface area contributed by atoms with Gasteiger partial charge in [-0.1, -0.05) is 41.6 Å². The summed E-state index contributed by atoms with van der Waals surface area (Å²) in [5, 5.41) is 8.59. The number of methoxy groups -OCH3 is 1. The molecule has 2 heterocycles. The molecule has 0 N–H and O–H groups in total. The van der Waals surface area contributed by atoms with Gasteiger partial charge in [-0.05, 0) is 46.5 Å². The van der Waals surface area contributed by atoms with Gasteiger partial charge in [0, 0.05) is 25.1 Å². The molecule has 1 fully saturated rings. The zero-order valence-corrected chi connectivity index (χ0v) is 17.9. The van der Waals surface area contributed by atoms with Gasteiger partial charge in [0.15, 0.2) is 0 Å². The Morgan fingerprint density at radius 1 is 1.24 bits per heavy atom. The van der Waals surface area contributed by atoms with Crippen LogP contribution in [0.5, 0.6) is 5.75 Å². The molecule has 3 aromatic rings. The van der Waals surface area contributed by atoms with Gasteiger partial charge in [0.2, 0.25) is 5.91 Å². The lowest BCUT2D eigenvalue weighted by Gasteiger charge is -2.16. The Hall–Kier alpha value is -2.67. The molecule has 1 atom stereocenters. The van der Waals surface area contributed by atoms with E-state index >= 15 is 0 Å². The van der Waals surface area contributed by atoms with Crippen LogP contribution in [0.3, 0.4) is 0 Å². The van der Waals surface area contributed by atoms with E-state index in [4.69, 9.17) is 4.74 Å². The highest BCUT2D eigenvalue weighted by molar-refractivity contribution is 9.10. The first-order chi connectivity index (χ1) is 14.1. The van der Waals surface area contributed by atoms with E-state index in [2.05, 4.69) is 26.2 Å². The summed E-state index contributed by atoms with van der Waals surface area (Å²) in [5.41, 5.74) is 3.03. The molecule has 29 heavy (non-hydrogen) atoms. The van der Waals surface area contributed by atoms with E-state index in [0.717, 1.165) is 40.0 Å².